The van der Waals surface area contributed by atoms with Crippen LogP contribution in [0, 0.1) is 13.8 Å². The van der Waals surface area contributed by atoms with Crippen molar-refractivity contribution in [2.75, 3.05) is 11.5 Å². The highest BCUT2D eigenvalue weighted by molar-refractivity contribution is 7.92. The fraction of sp³-hybridized carbons (Fsp3) is 0.167. The fourth-order valence-corrected chi connectivity index (χ4v) is 4.50. The lowest BCUT2D eigenvalue weighted by molar-refractivity contribution is 0.0954. The van der Waals surface area contributed by atoms with Crippen molar-refractivity contribution in [1.82, 2.24) is 5.43 Å². The first kappa shape index (κ1) is 22.3. The number of carbonyl (C=O) groups excluding carboxylic acids is 1. The molecule has 170 valence electrons. The number of benzene rings is 3. The van der Waals surface area contributed by atoms with E-state index in [4.69, 9.17) is 9.47 Å². The van der Waals surface area contributed by atoms with Gasteiger partial charge in [0.2, 0.25) is 6.79 Å². The predicted octanol–water partition coefficient (Wildman–Crippen LogP) is 3.99. The molecule has 1 aliphatic rings. The van der Waals surface area contributed by atoms with Crippen LogP contribution >= 0.6 is 0 Å². The van der Waals surface area contributed by atoms with Crippen LogP contribution in [0.25, 0.3) is 0 Å². The second-order valence-corrected chi connectivity index (χ2v) is 9.34. The molecular weight excluding hydrogens is 442 g/mol. The summed E-state index contributed by atoms with van der Waals surface area (Å²) in [5.74, 6) is 0.740. The van der Waals surface area contributed by atoms with Crippen molar-refractivity contribution < 1.29 is 22.7 Å². The number of hydrogen-bond donors (Lipinski definition) is 2. The van der Waals surface area contributed by atoms with E-state index in [0.29, 0.717) is 22.9 Å². The summed E-state index contributed by atoms with van der Waals surface area (Å²) in [4.78, 5) is 12.6. The number of fused-ring (bicyclic) bond motifs is 1. The number of hydrazone groups is 1. The molecule has 0 saturated heterocycles. The molecule has 8 nitrogen and oxygen atoms in total. The molecule has 1 heterocycles. The van der Waals surface area contributed by atoms with Gasteiger partial charge in [0, 0.05) is 11.1 Å². The Morgan fingerprint density at radius 2 is 1.73 bits per heavy atom. The molecule has 0 spiro atoms. The highest BCUT2D eigenvalue weighted by atomic mass is 32.2. The second-order valence-electron chi connectivity index (χ2n) is 7.66. The zero-order valence-corrected chi connectivity index (χ0v) is 19.2. The molecule has 0 unspecified atom stereocenters. The Kier molecular flexibility index (Phi) is 6.06. The number of carbonyl (C=O) groups is 1. The Labute approximate surface area is 192 Å². The van der Waals surface area contributed by atoms with E-state index in [9.17, 15) is 13.2 Å². The first-order valence-corrected chi connectivity index (χ1v) is 11.7. The van der Waals surface area contributed by atoms with Crippen molar-refractivity contribution in [3.63, 3.8) is 0 Å². The maximum Gasteiger partial charge on any atom is 0.271 e. The topological polar surface area (TPSA) is 106 Å². The van der Waals surface area contributed by atoms with Crippen molar-refractivity contribution >= 4 is 27.3 Å². The van der Waals surface area contributed by atoms with E-state index in [0.717, 1.165) is 16.7 Å². The Bertz CT molecular complexity index is 1370. The number of amides is 1. The van der Waals surface area contributed by atoms with Crippen molar-refractivity contribution in [3.05, 3.63) is 82.9 Å². The van der Waals surface area contributed by atoms with Crippen LogP contribution in [0.5, 0.6) is 11.5 Å². The number of rotatable bonds is 6. The van der Waals surface area contributed by atoms with Gasteiger partial charge in [0.05, 0.1) is 16.3 Å². The molecule has 0 aromatic heterocycles. The van der Waals surface area contributed by atoms with Crippen LogP contribution in [-0.2, 0) is 10.0 Å². The van der Waals surface area contributed by atoms with E-state index < -0.39 is 15.9 Å². The van der Waals surface area contributed by atoms with Crippen molar-refractivity contribution in [2.45, 2.75) is 25.7 Å². The maximum absolute atomic E-state index is 12.9. The number of nitrogens with zero attached hydrogens (tertiary/aromatic N) is 1. The van der Waals surface area contributed by atoms with E-state index in [2.05, 4.69) is 15.2 Å². The smallest absolute Gasteiger partial charge is 0.271 e. The zero-order chi connectivity index (χ0) is 23.6. The molecule has 0 saturated carbocycles. The number of sulfonamides is 1. The molecule has 0 atom stereocenters. The van der Waals surface area contributed by atoms with Crippen molar-refractivity contribution in [1.29, 1.82) is 0 Å². The highest BCUT2D eigenvalue weighted by Crippen LogP contribution is 2.32. The monoisotopic (exact) mass is 465 g/mol. The lowest BCUT2D eigenvalue weighted by Gasteiger charge is -2.12. The summed E-state index contributed by atoms with van der Waals surface area (Å²) in [5.41, 5.74) is 6.28. The summed E-state index contributed by atoms with van der Waals surface area (Å²) in [5, 5.41) is 4.13. The van der Waals surface area contributed by atoms with Crippen LogP contribution in [0.3, 0.4) is 0 Å². The minimum atomic E-state index is -3.88. The van der Waals surface area contributed by atoms with Gasteiger partial charge < -0.3 is 9.47 Å². The molecule has 9 heteroatoms. The third kappa shape index (κ3) is 4.98. The number of ether oxygens (including phenoxy) is 2. The third-order valence-electron chi connectivity index (χ3n) is 5.15. The lowest BCUT2D eigenvalue weighted by Crippen LogP contribution is -2.20. The third-order valence-corrected chi connectivity index (χ3v) is 6.51. The van der Waals surface area contributed by atoms with Gasteiger partial charge in [-0.05, 0) is 68.8 Å². The lowest BCUT2D eigenvalue weighted by atomic mass is 10.1. The van der Waals surface area contributed by atoms with Gasteiger partial charge >= 0.3 is 0 Å². The van der Waals surface area contributed by atoms with Gasteiger partial charge in [0.25, 0.3) is 15.9 Å². The molecule has 4 rings (SSSR count). The van der Waals surface area contributed by atoms with Gasteiger partial charge in [-0.1, -0.05) is 23.8 Å². The minimum absolute atomic E-state index is 0.0217. The summed E-state index contributed by atoms with van der Waals surface area (Å²) in [7, 11) is -3.88. The van der Waals surface area contributed by atoms with Gasteiger partial charge in [-0.2, -0.15) is 5.10 Å². The summed E-state index contributed by atoms with van der Waals surface area (Å²) >= 11 is 0. The number of anilines is 1. The predicted molar refractivity (Wildman–Crippen MR) is 125 cm³/mol. The molecule has 0 radical (unpaired) electrons. The average molecular weight is 466 g/mol. The van der Waals surface area contributed by atoms with E-state index in [1.54, 1.807) is 25.1 Å². The first-order valence-electron chi connectivity index (χ1n) is 10.2. The van der Waals surface area contributed by atoms with Gasteiger partial charge in [0.15, 0.2) is 11.5 Å². The number of aryl methyl sites for hydroxylation is 2. The van der Waals surface area contributed by atoms with Crippen LogP contribution in [-0.4, -0.2) is 26.8 Å². The Hall–Kier alpha value is -3.85. The molecule has 3 aromatic rings. The summed E-state index contributed by atoms with van der Waals surface area (Å²) in [6.07, 6.45) is 0. The largest absolute Gasteiger partial charge is 0.454 e. The van der Waals surface area contributed by atoms with Crippen LogP contribution in [0.15, 0.2) is 70.7 Å². The maximum atomic E-state index is 12.9. The number of hydrogen-bond acceptors (Lipinski definition) is 6. The SMILES string of the molecule is CC(=NNC(=O)c1cccc(S(=O)(=O)Nc2ccc(C)cc2C)c1)c1ccc2c(c1)OCO2. The van der Waals surface area contributed by atoms with Crippen LogP contribution in [0.4, 0.5) is 5.69 Å². The molecule has 2 N–H and O–H groups in total. The molecule has 0 fully saturated rings. The van der Waals surface area contributed by atoms with Gasteiger partial charge in [0.1, 0.15) is 0 Å². The molecular formula is C24H23N3O5S. The molecule has 0 bridgehead atoms. The Morgan fingerprint density at radius 3 is 2.52 bits per heavy atom. The summed E-state index contributed by atoms with van der Waals surface area (Å²) in [6.45, 7) is 5.68. The molecule has 1 aliphatic heterocycles. The number of nitrogens with one attached hydrogen (secondary N) is 2. The van der Waals surface area contributed by atoms with Gasteiger partial charge in [-0.25, -0.2) is 13.8 Å². The van der Waals surface area contributed by atoms with Crippen LogP contribution in [0.2, 0.25) is 0 Å². The summed E-state index contributed by atoms with van der Waals surface area (Å²) in [6, 6.07) is 16.6. The van der Waals surface area contributed by atoms with Crippen LogP contribution < -0.4 is 19.6 Å². The highest BCUT2D eigenvalue weighted by Gasteiger charge is 2.18. The first-order chi connectivity index (χ1) is 15.7. The van der Waals surface area contributed by atoms with E-state index in [1.807, 2.05) is 32.0 Å². The Morgan fingerprint density at radius 1 is 0.939 bits per heavy atom. The molecule has 0 aliphatic carbocycles. The quantitative estimate of drug-likeness (QED) is 0.423. The second kappa shape index (κ2) is 8.95. The zero-order valence-electron chi connectivity index (χ0n) is 18.4. The normalized spacial score (nSPS) is 13.0. The molecule has 1 amide bonds. The van der Waals surface area contributed by atoms with Crippen molar-refractivity contribution in [3.8, 4) is 11.5 Å². The standard InChI is InChI=1S/C24H23N3O5S/c1-15-7-9-21(16(2)11-15)27-33(29,30)20-6-4-5-19(12-20)24(28)26-25-17(3)18-8-10-22-23(13-18)32-14-31-22/h4-13,27H,14H2,1-3H3,(H,26,28). The van der Waals surface area contributed by atoms with Crippen molar-refractivity contribution in [2.24, 2.45) is 5.10 Å². The van der Waals surface area contributed by atoms with Gasteiger partial charge in [-0.3, -0.25) is 9.52 Å². The Balaban J connectivity index is 1.49. The average Bonchev–Trinajstić information content (AvgIpc) is 3.27. The van der Waals surface area contributed by atoms with Gasteiger partial charge in [-0.15, -0.1) is 0 Å². The molecule has 3 aromatic carbocycles. The molecule has 33 heavy (non-hydrogen) atoms. The summed E-state index contributed by atoms with van der Waals surface area (Å²) < 4.78 is 39.0. The van der Waals surface area contributed by atoms with E-state index in [-0.39, 0.29) is 17.3 Å². The van der Waals surface area contributed by atoms with E-state index >= 15 is 0 Å². The van der Waals surface area contributed by atoms with Crippen LogP contribution in [0.1, 0.15) is 34.0 Å². The minimum Gasteiger partial charge on any atom is -0.454 e. The van der Waals surface area contributed by atoms with E-state index in [1.165, 1.54) is 24.3 Å². The fourth-order valence-electron chi connectivity index (χ4n) is 3.32.